The van der Waals surface area contributed by atoms with E-state index < -0.39 is 0 Å². The van der Waals surface area contributed by atoms with Crippen LogP contribution in [-0.2, 0) is 0 Å². The van der Waals surface area contributed by atoms with Crippen molar-refractivity contribution in [3.63, 3.8) is 0 Å². The van der Waals surface area contributed by atoms with Gasteiger partial charge < -0.3 is 0 Å². The number of hydrazone groups is 1. The third kappa shape index (κ3) is 5.16. The van der Waals surface area contributed by atoms with Gasteiger partial charge in [-0.2, -0.15) is 5.10 Å². The van der Waals surface area contributed by atoms with Crippen molar-refractivity contribution in [1.82, 2.24) is 4.98 Å². The summed E-state index contributed by atoms with van der Waals surface area (Å²) >= 11 is 1.54. The van der Waals surface area contributed by atoms with Crippen molar-refractivity contribution < 1.29 is 0 Å². The Morgan fingerprint density at radius 3 is 2.39 bits per heavy atom. The molecule has 5 heteroatoms. The lowest BCUT2D eigenvalue weighted by Crippen LogP contribution is -1.87. The summed E-state index contributed by atoms with van der Waals surface area (Å²) in [5.74, 6) is 0. The molecule has 0 amide bonds. The molecule has 1 N–H and O–H groups in total. The minimum Gasteiger partial charge on any atom is -0.253 e. The van der Waals surface area contributed by atoms with Crippen LogP contribution < -0.4 is 5.43 Å². The number of benzene rings is 2. The van der Waals surface area contributed by atoms with E-state index in [0.717, 1.165) is 22.0 Å². The number of halogens is 1. The Morgan fingerprint density at radius 2 is 1.65 bits per heavy atom. The molecule has 0 radical (unpaired) electrons. The van der Waals surface area contributed by atoms with E-state index in [-0.39, 0.29) is 17.0 Å². The molecule has 0 unspecified atom stereocenters. The molecule has 0 aliphatic rings. The Labute approximate surface area is 150 Å². The smallest absolute Gasteiger partial charge is 0.203 e. The summed E-state index contributed by atoms with van der Waals surface area (Å²) in [5.41, 5.74) is 6.17. The maximum atomic E-state index is 4.51. The maximum absolute atomic E-state index is 4.51. The van der Waals surface area contributed by atoms with Gasteiger partial charge in [0.05, 0.1) is 5.69 Å². The summed E-state index contributed by atoms with van der Waals surface area (Å²) in [6, 6.07) is 20.2. The highest BCUT2D eigenvalue weighted by atomic mass is 79.9. The minimum absolute atomic E-state index is 0. The van der Waals surface area contributed by atoms with Crippen molar-refractivity contribution in [2.75, 3.05) is 5.43 Å². The zero-order chi connectivity index (χ0) is 15.0. The molecule has 23 heavy (non-hydrogen) atoms. The highest BCUT2D eigenvalue weighted by molar-refractivity contribution is 8.93. The molecule has 2 aromatic carbocycles. The lowest BCUT2D eigenvalue weighted by atomic mass is 10.2. The van der Waals surface area contributed by atoms with Crippen LogP contribution in [0.15, 0.2) is 77.2 Å². The predicted octanol–water partition coefficient (Wildman–Crippen LogP) is 5.50. The molecule has 3 aromatic rings. The van der Waals surface area contributed by atoms with Gasteiger partial charge >= 0.3 is 0 Å². The van der Waals surface area contributed by atoms with Crippen molar-refractivity contribution in [2.45, 2.75) is 0 Å². The van der Waals surface area contributed by atoms with Gasteiger partial charge in [-0.1, -0.05) is 66.7 Å². The topological polar surface area (TPSA) is 37.3 Å². The molecule has 1 aromatic heterocycles. The molecule has 0 fully saturated rings. The Kier molecular flexibility index (Phi) is 6.72. The van der Waals surface area contributed by atoms with E-state index in [1.54, 1.807) is 6.21 Å². The van der Waals surface area contributed by atoms with Gasteiger partial charge in [0.2, 0.25) is 5.13 Å². The fourth-order valence-corrected chi connectivity index (χ4v) is 2.59. The SMILES string of the molecule is Br.C(=Cc1ccccc1)C=NNc1nc(-c2ccccc2)cs1. The zero-order valence-electron chi connectivity index (χ0n) is 12.3. The van der Waals surface area contributed by atoms with Crippen LogP contribution >= 0.6 is 28.3 Å². The van der Waals surface area contributed by atoms with Crippen LogP contribution in [0.3, 0.4) is 0 Å². The average molecular weight is 386 g/mol. The Morgan fingerprint density at radius 1 is 0.957 bits per heavy atom. The van der Waals surface area contributed by atoms with Gasteiger partial charge in [-0.05, 0) is 11.6 Å². The summed E-state index contributed by atoms with van der Waals surface area (Å²) in [5, 5.41) is 6.95. The van der Waals surface area contributed by atoms with E-state index in [4.69, 9.17) is 0 Å². The molecule has 0 aliphatic heterocycles. The first-order valence-corrected chi connectivity index (χ1v) is 7.81. The highest BCUT2D eigenvalue weighted by Crippen LogP contribution is 2.24. The number of allylic oxidation sites excluding steroid dienone is 1. The van der Waals surface area contributed by atoms with Crippen molar-refractivity contribution in [1.29, 1.82) is 0 Å². The first kappa shape index (κ1) is 17.1. The van der Waals surface area contributed by atoms with E-state index in [0.29, 0.717) is 0 Å². The number of hydrogen-bond donors (Lipinski definition) is 1. The molecule has 1 heterocycles. The van der Waals surface area contributed by atoms with Gasteiger partial charge in [-0.3, -0.25) is 5.43 Å². The van der Waals surface area contributed by atoms with Crippen molar-refractivity contribution in [2.24, 2.45) is 5.10 Å². The summed E-state index contributed by atoms with van der Waals surface area (Å²) in [4.78, 5) is 4.51. The van der Waals surface area contributed by atoms with Gasteiger partial charge in [-0.15, -0.1) is 28.3 Å². The number of rotatable bonds is 5. The van der Waals surface area contributed by atoms with Gasteiger partial charge in [0.1, 0.15) is 0 Å². The zero-order valence-corrected chi connectivity index (χ0v) is 14.8. The van der Waals surface area contributed by atoms with Gasteiger partial charge in [-0.25, -0.2) is 4.98 Å². The second-order valence-electron chi connectivity index (χ2n) is 4.56. The fraction of sp³-hybridized carbons (Fsp3) is 0. The normalized spacial score (nSPS) is 10.8. The third-order valence-electron chi connectivity index (χ3n) is 2.98. The second kappa shape index (κ2) is 9.02. The van der Waals surface area contributed by atoms with Crippen molar-refractivity contribution >= 4 is 45.7 Å². The molecule has 0 spiro atoms. The first-order valence-electron chi connectivity index (χ1n) is 6.93. The van der Waals surface area contributed by atoms with Crippen LogP contribution in [0.1, 0.15) is 5.56 Å². The molecule has 0 saturated heterocycles. The summed E-state index contributed by atoms with van der Waals surface area (Å²) < 4.78 is 0. The lowest BCUT2D eigenvalue weighted by Gasteiger charge is -1.94. The Hall–Kier alpha value is -2.24. The number of hydrogen-bond acceptors (Lipinski definition) is 4. The fourth-order valence-electron chi connectivity index (χ4n) is 1.92. The maximum Gasteiger partial charge on any atom is 0.203 e. The van der Waals surface area contributed by atoms with Crippen molar-refractivity contribution in [3.8, 4) is 11.3 Å². The van der Waals surface area contributed by atoms with Crippen LogP contribution in [0.25, 0.3) is 17.3 Å². The molecule has 0 bridgehead atoms. The largest absolute Gasteiger partial charge is 0.253 e. The summed E-state index contributed by atoms with van der Waals surface area (Å²) in [7, 11) is 0. The summed E-state index contributed by atoms with van der Waals surface area (Å²) in [6.07, 6.45) is 5.62. The van der Waals surface area contributed by atoms with Crippen LogP contribution in [-0.4, -0.2) is 11.2 Å². The van der Waals surface area contributed by atoms with E-state index >= 15 is 0 Å². The van der Waals surface area contributed by atoms with E-state index in [2.05, 4.69) is 15.5 Å². The predicted molar refractivity (Wildman–Crippen MR) is 105 cm³/mol. The number of anilines is 1. The molecule has 0 saturated carbocycles. The van der Waals surface area contributed by atoms with E-state index in [1.807, 2.05) is 78.2 Å². The molecule has 0 atom stereocenters. The minimum atomic E-state index is 0. The molecule has 3 nitrogen and oxygen atoms in total. The monoisotopic (exact) mass is 385 g/mol. The summed E-state index contributed by atoms with van der Waals surface area (Å²) in [6.45, 7) is 0. The second-order valence-corrected chi connectivity index (χ2v) is 5.42. The number of thiazole rings is 1. The quantitative estimate of drug-likeness (QED) is 0.465. The highest BCUT2D eigenvalue weighted by Gasteiger charge is 2.02. The molecular formula is C18H16BrN3S. The van der Waals surface area contributed by atoms with Crippen LogP contribution in [0.5, 0.6) is 0 Å². The standard InChI is InChI=1S/C18H15N3S.BrH/c1-3-8-15(9-4-1)10-7-13-19-21-18-20-17(14-22-18)16-11-5-2-6-12-16;/h1-14H,(H,20,21);1H. The lowest BCUT2D eigenvalue weighted by molar-refractivity contribution is 1.29. The Balaban J connectivity index is 0.00000192. The average Bonchev–Trinajstić information content (AvgIpc) is 3.05. The van der Waals surface area contributed by atoms with Gasteiger partial charge in [0.25, 0.3) is 0 Å². The van der Waals surface area contributed by atoms with E-state index in [9.17, 15) is 0 Å². The van der Waals surface area contributed by atoms with Gasteiger partial charge in [0, 0.05) is 17.2 Å². The number of aromatic nitrogens is 1. The number of nitrogens with zero attached hydrogens (tertiary/aromatic N) is 2. The molecule has 0 aliphatic carbocycles. The van der Waals surface area contributed by atoms with Gasteiger partial charge in [0.15, 0.2) is 0 Å². The third-order valence-corrected chi connectivity index (χ3v) is 3.73. The Bertz CT molecular complexity index is 767. The number of nitrogens with one attached hydrogen (secondary N) is 1. The van der Waals surface area contributed by atoms with Crippen LogP contribution in [0.2, 0.25) is 0 Å². The molecule has 116 valence electrons. The van der Waals surface area contributed by atoms with Crippen LogP contribution in [0.4, 0.5) is 5.13 Å². The van der Waals surface area contributed by atoms with Crippen LogP contribution in [0, 0.1) is 0 Å². The molecular weight excluding hydrogens is 370 g/mol. The molecule has 3 rings (SSSR count). The van der Waals surface area contributed by atoms with E-state index in [1.165, 1.54) is 11.3 Å². The van der Waals surface area contributed by atoms with Crippen molar-refractivity contribution in [3.05, 3.63) is 77.7 Å². The first-order chi connectivity index (χ1) is 10.9.